The number of benzene rings is 1. The number of aliphatic hydroxyl groups is 1. The molecule has 0 aliphatic carbocycles. The van der Waals surface area contributed by atoms with Gasteiger partial charge in [-0.3, -0.25) is 0 Å². The lowest BCUT2D eigenvalue weighted by Gasteiger charge is -2.12. The molecule has 1 unspecified atom stereocenters. The van der Waals surface area contributed by atoms with Gasteiger partial charge in [0.1, 0.15) is 17.6 Å². The Morgan fingerprint density at radius 1 is 1.39 bits per heavy atom. The SMILES string of the molecule is CCOc1ccc(C(O)c2coc(C)c2)c(Br)c1. The van der Waals surface area contributed by atoms with E-state index in [4.69, 9.17) is 9.15 Å². The summed E-state index contributed by atoms with van der Waals surface area (Å²) in [6.07, 6.45) is 0.871. The molecule has 0 saturated carbocycles. The zero-order chi connectivity index (χ0) is 13.1. The van der Waals surface area contributed by atoms with Crippen molar-refractivity contribution in [1.82, 2.24) is 0 Å². The van der Waals surface area contributed by atoms with Crippen molar-refractivity contribution in [3.05, 3.63) is 51.9 Å². The summed E-state index contributed by atoms with van der Waals surface area (Å²) in [5.41, 5.74) is 1.54. The topological polar surface area (TPSA) is 42.6 Å². The molecule has 0 amide bonds. The molecule has 2 rings (SSSR count). The van der Waals surface area contributed by atoms with Gasteiger partial charge in [-0.1, -0.05) is 22.0 Å². The van der Waals surface area contributed by atoms with E-state index >= 15 is 0 Å². The summed E-state index contributed by atoms with van der Waals surface area (Å²) >= 11 is 3.45. The Morgan fingerprint density at radius 3 is 2.72 bits per heavy atom. The monoisotopic (exact) mass is 310 g/mol. The molecule has 0 bridgehead atoms. The minimum atomic E-state index is -0.701. The average molecular weight is 311 g/mol. The van der Waals surface area contributed by atoms with E-state index in [1.165, 1.54) is 0 Å². The fourth-order valence-electron chi connectivity index (χ4n) is 1.77. The number of rotatable bonds is 4. The predicted octanol–water partition coefficient (Wildman–Crippen LogP) is 3.83. The van der Waals surface area contributed by atoms with Gasteiger partial charge in [-0.15, -0.1) is 0 Å². The van der Waals surface area contributed by atoms with Gasteiger partial charge in [0.25, 0.3) is 0 Å². The number of aliphatic hydroxyl groups excluding tert-OH is 1. The molecule has 3 nitrogen and oxygen atoms in total. The number of hydrogen-bond acceptors (Lipinski definition) is 3. The summed E-state index contributed by atoms with van der Waals surface area (Å²) in [7, 11) is 0. The van der Waals surface area contributed by atoms with Crippen molar-refractivity contribution in [2.24, 2.45) is 0 Å². The molecule has 18 heavy (non-hydrogen) atoms. The van der Waals surface area contributed by atoms with Crippen LogP contribution in [0.5, 0.6) is 5.75 Å². The molecule has 1 N–H and O–H groups in total. The molecular weight excluding hydrogens is 296 g/mol. The number of halogens is 1. The number of hydrogen-bond donors (Lipinski definition) is 1. The van der Waals surface area contributed by atoms with Crippen molar-refractivity contribution < 1.29 is 14.3 Å². The van der Waals surface area contributed by atoms with Crippen molar-refractivity contribution in [3.63, 3.8) is 0 Å². The van der Waals surface area contributed by atoms with Gasteiger partial charge in [-0.2, -0.15) is 0 Å². The Kier molecular flexibility index (Phi) is 4.09. The highest BCUT2D eigenvalue weighted by Gasteiger charge is 2.16. The van der Waals surface area contributed by atoms with E-state index < -0.39 is 6.10 Å². The lowest BCUT2D eigenvalue weighted by Crippen LogP contribution is -2.00. The Labute approximate surface area is 115 Å². The highest BCUT2D eigenvalue weighted by atomic mass is 79.9. The van der Waals surface area contributed by atoms with Gasteiger partial charge in [0.15, 0.2) is 0 Å². The van der Waals surface area contributed by atoms with Gasteiger partial charge in [-0.05, 0) is 37.6 Å². The second-order valence-electron chi connectivity index (χ2n) is 4.01. The summed E-state index contributed by atoms with van der Waals surface area (Å²) in [4.78, 5) is 0. The number of aryl methyl sites for hydroxylation is 1. The quantitative estimate of drug-likeness (QED) is 0.933. The average Bonchev–Trinajstić information content (AvgIpc) is 2.76. The van der Waals surface area contributed by atoms with Crippen LogP contribution in [0.4, 0.5) is 0 Å². The third-order valence-corrected chi connectivity index (χ3v) is 3.33. The van der Waals surface area contributed by atoms with E-state index in [1.54, 1.807) is 6.26 Å². The molecule has 1 heterocycles. The molecule has 0 aliphatic rings. The number of furan rings is 1. The molecule has 0 aliphatic heterocycles. The fourth-order valence-corrected chi connectivity index (χ4v) is 2.35. The molecule has 0 fully saturated rings. The molecule has 2 aromatic rings. The predicted molar refractivity (Wildman–Crippen MR) is 72.8 cm³/mol. The molecule has 96 valence electrons. The highest BCUT2D eigenvalue weighted by molar-refractivity contribution is 9.10. The number of ether oxygens (including phenoxy) is 1. The van der Waals surface area contributed by atoms with E-state index in [1.807, 2.05) is 38.1 Å². The smallest absolute Gasteiger partial charge is 0.120 e. The molecular formula is C14H15BrO3. The maximum absolute atomic E-state index is 10.3. The van der Waals surface area contributed by atoms with E-state index in [0.717, 1.165) is 27.1 Å². The van der Waals surface area contributed by atoms with Crippen LogP contribution < -0.4 is 4.74 Å². The van der Waals surface area contributed by atoms with Crippen LogP contribution in [0.3, 0.4) is 0 Å². The first kappa shape index (κ1) is 13.2. The Morgan fingerprint density at radius 2 is 2.17 bits per heavy atom. The summed E-state index contributed by atoms with van der Waals surface area (Å²) < 4.78 is 11.4. The standard InChI is InChI=1S/C14H15BrO3/c1-3-17-11-4-5-12(13(15)7-11)14(16)10-6-9(2)18-8-10/h4-8,14,16H,3H2,1-2H3. The molecule has 4 heteroatoms. The molecule has 0 saturated heterocycles. The first-order chi connectivity index (χ1) is 8.61. The molecule has 1 aromatic heterocycles. The third-order valence-electron chi connectivity index (χ3n) is 2.64. The molecule has 0 spiro atoms. The van der Waals surface area contributed by atoms with Crippen molar-refractivity contribution >= 4 is 15.9 Å². The zero-order valence-electron chi connectivity index (χ0n) is 10.3. The highest BCUT2D eigenvalue weighted by Crippen LogP contribution is 2.32. The first-order valence-electron chi connectivity index (χ1n) is 5.77. The normalized spacial score (nSPS) is 12.4. The van der Waals surface area contributed by atoms with Crippen LogP contribution >= 0.6 is 15.9 Å². The van der Waals surface area contributed by atoms with E-state index in [0.29, 0.717) is 6.61 Å². The zero-order valence-corrected chi connectivity index (χ0v) is 11.9. The maximum Gasteiger partial charge on any atom is 0.120 e. The van der Waals surface area contributed by atoms with Crippen LogP contribution in [0.2, 0.25) is 0 Å². The Hall–Kier alpha value is -1.26. The Bertz CT molecular complexity index is 534. The van der Waals surface area contributed by atoms with E-state index in [9.17, 15) is 5.11 Å². The van der Waals surface area contributed by atoms with Gasteiger partial charge in [0.05, 0.1) is 12.9 Å². The van der Waals surface area contributed by atoms with Crippen LogP contribution in [-0.2, 0) is 0 Å². The molecule has 0 radical (unpaired) electrons. The fraction of sp³-hybridized carbons (Fsp3) is 0.286. The lowest BCUT2D eigenvalue weighted by molar-refractivity contribution is 0.218. The van der Waals surface area contributed by atoms with Crippen LogP contribution in [0.25, 0.3) is 0 Å². The summed E-state index contributed by atoms with van der Waals surface area (Å²) in [6, 6.07) is 7.38. The van der Waals surface area contributed by atoms with Crippen LogP contribution in [0, 0.1) is 6.92 Å². The minimum Gasteiger partial charge on any atom is -0.494 e. The van der Waals surface area contributed by atoms with E-state index in [-0.39, 0.29) is 0 Å². The van der Waals surface area contributed by atoms with Crippen LogP contribution in [-0.4, -0.2) is 11.7 Å². The summed E-state index contributed by atoms with van der Waals surface area (Å²) in [6.45, 7) is 4.41. The van der Waals surface area contributed by atoms with Gasteiger partial charge in [-0.25, -0.2) is 0 Å². The minimum absolute atomic E-state index is 0.620. The second kappa shape index (κ2) is 5.59. The van der Waals surface area contributed by atoms with Crippen LogP contribution in [0.1, 0.15) is 29.9 Å². The largest absolute Gasteiger partial charge is 0.494 e. The van der Waals surface area contributed by atoms with Crippen molar-refractivity contribution in [1.29, 1.82) is 0 Å². The molecule has 1 atom stereocenters. The second-order valence-corrected chi connectivity index (χ2v) is 4.86. The molecule has 1 aromatic carbocycles. The van der Waals surface area contributed by atoms with Crippen molar-refractivity contribution in [2.75, 3.05) is 6.61 Å². The summed E-state index contributed by atoms with van der Waals surface area (Å²) in [5, 5.41) is 10.3. The Balaban J connectivity index is 2.28. The summed E-state index contributed by atoms with van der Waals surface area (Å²) in [5.74, 6) is 1.56. The van der Waals surface area contributed by atoms with Gasteiger partial charge >= 0.3 is 0 Å². The maximum atomic E-state index is 10.3. The first-order valence-corrected chi connectivity index (χ1v) is 6.56. The van der Waals surface area contributed by atoms with E-state index in [2.05, 4.69) is 15.9 Å². The van der Waals surface area contributed by atoms with Crippen molar-refractivity contribution in [2.45, 2.75) is 20.0 Å². The van der Waals surface area contributed by atoms with Gasteiger partial charge in [0, 0.05) is 10.0 Å². The van der Waals surface area contributed by atoms with Gasteiger partial charge < -0.3 is 14.3 Å². The van der Waals surface area contributed by atoms with Crippen LogP contribution in [0.15, 0.2) is 39.4 Å². The third kappa shape index (κ3) is 2.76. The lowest BCUT2D eigenvalue weighted by atomic mass is 10.0. The van der Waals surface area contributed by atoms with Crippen molar-refractivity contribution in [3.8, 4) is 5.75 Å². The van der Waals surface area contributed by atoms with Gasteiger partial charge in [0.2, 0.25) is 0 Å².